The summed E-state index contributed by atoms with van der Waals surface area (Å²) in [5, 5.41) is 0. The van der Waals surface area contributed by atoms with Gasteiger partial charge in [-0.1, -0.05) is 18.2 Å². The lowest BCUT2D eigenvalue weighted by Gasteiger charge is -2.33. The second-order valence-electron chi connectivity index (χ2n) is 5.63. The molecule has 0 bridgehead atoms. The molecule has 0 amide bonds. The molecule has 1 aromatic carbocycles. The number of hydrogen-bond acceptors (Lipinski definition) is 4. The molecule has 0 radical (unpaired) electrons. The summed E-state index contributed by atoms with van der Waals surface area (Å²) in [4.78, 5) is 16.8. The van der Waals surface area contributed by atoms with Crippen LogP contribution in [0.15, 0.2) is 24.3 Å². The van der Waals surface area contributed by atoms with Crippen molar-refractivity contribution in [2.24, 2.45) is 0 Å². The highest BCUT2D eigenvalue weighted by molar-refractivity contribution is 5.91. The van der Waals surface area contributed by atoms with Crippen LogP contribution < -0.4 is 0 Å². The minimum absolute atomic E-state index is 0. The van der Waals surface area contributed by atoms with Gasteiger partial charge in [0, 0.05) is 32.7 Å². The van der Waals surface area contributed by atoms with Crippen LogP contribution in [0.25, 0.3) is 0 Å². The van der Waals surface area contributed by atoms with Crippen LogP contribution in [0.4, 0.5) is 0 Å². The molecule has 0 saturated carbocycles. The molecule has 21 heavy (non-hydrogen) atoms. The zero-order valence-corrected chi connectivity index (χ0v) is 13.9. The van der Waals surface area contributed by atoms with Crippen molar-refractivity contribution in [2.75, 3.05) is 39.8 Å². The Labute approximate surface area is 133 Å². The predicted molar refractivity (Wildman–Crippen MR) is 87.2 cm³/mol. The molecule has 1 saturated heterocycles. The zero-order chi connectivity index (χ0) is 14.5. The second-order valence-corrected chi connectivity index (χ2v) is 5.63. The van der Waals surface area contributed by atoms with Crippen molar-refractivity contribution in [2.45, 2.75) is 20.0 Å². The first-order chi connectivity index (χ1) is 9.56. The number of halogens is 1. The largest absolute Gasteiger partial charge is 0.458 e. The van der Waals surface area contributed by atoms with Crippen LogP contribution in [0.5, 0.6) is 0 Å². The van der Waals surface area contributed by atoms with Gasteiger partial charge in [-0.2, -0.15) is 0 Å². The Balaban J connectivity index is 0.00000220. The fourth-order valence-electron chi connectivity index (χ4n) is 2.48. The second kappa shape index (κ2) is 8.37. The first kappa shape index (κ1) is 18.0. The maximum Gasteiger partial charge on any atom is 0.338 e. The molecule has 1 heterocycles. The molecule has 0 aromatic heterocycles. The average molecular weight is 313 g/mol. The van der Waals surface area contributed by atoms with Gasteiger partial charge < -0.3 is 9.64 Å². The minimum atomic E-state index is -0.218. The number of ether oxygens (including phenoxy) is 1. The van der Waals surface area contributed by atoms with Crippen LogP contribution in [-0.4, -0.2) is 61.6 Å². The van der Waals surface area contributed by atoms with Crippen LogP contribution >= 0.6 is 12.4 Å². The number of benzene rings is 1. The predicted octanol–water partition coefficient (Wildman–Crippen LogP) is 2.21. The van der Waals surface area contributed by atoms with Crippen molar-refractivity contribution >= 4 is 18.4 Å². The van der Waals surface area contributed by atoms with Gasteiger partial charge in [0.2, 0.25) is 0 Å². The number of aryl methyl sites for hydroxylation is 1. The Morgan fingerprint density at radius 2 is 1.86 bits per heavy atom. The normalized spacial score (nSPS) is 17.9. The molecule has 1 atom stereocenters. The van der Waals surface area contributed by atoms with E-state index in [0.717, 1.165) is 38.3 Å². The van der Waals surface area contributed by atoms with Gasteiger partial charge in [-0.3, -0.25) is 4.90 Å². The molecule has 0 N–H and O–H groups in total. The molecular formula is C16H25ClN2O2. The molecule has 1 aliphatic rings. The maximum atomic E-state index is 12.1. The van der Waals surface area contributed by atoms with E-state index in [2.05, 4.69) is 16.8 Å². The smallest absolute Gasteiger partial charge is 0.338 e. The van der Waals surface area contributed by atoms with Crippen molar-refractivity contribution in [3.63, 3.8) is 0 Å². The van der Waals surface area contributed by atoms with E-state index in [1.807, 2.05) is 38.1 Å². The van der Waals surface area contributed by atoms with Crippen LogP contribution in [0.1, 0.15) is 22.8 Å². The number of carbonyl (C=O) groups excluding carboxylic acids is 1. The quantitative estimate of drug-likeness (QED) is 0.798. The fourth-order valence-corrected chi connectivity index (χ4v) is 2.48. The zero-order valence-electron chi connectivity index (χ0n) is 13.0. The van der Waals surface area contributed by atoms with Crippen LogP contribution in [0, 0.1) is 6.92 Å². The summed E-state index contributed by atoms with van der Waals surface area (Å²) in [6, 6.07) is 7.55. The fraction of sp³-hybridized carbons (Fsp3) is 0.562. The average Bonchev–Trinajstić information content (AvgIpc) is 2.41. The van der Waals surface area contributed by atoms with Gasteiger partial charge in [0.25, 0.3) is 0 Å². The van der Waals surface area contributed by atoms with E-state index in [9.17, 15) is 4.79 Å². The van der Waals surface area contributed by atoms with Gasteiger partial charge >= 0.3 is 5.97 Å². The van der Waals surface area contributed by atoms with Gasteiger partial charge in [0.05, 0.1) is 5.56 Å². The topological polar surface area (TPSA) is 32.8 Å². The lowest BCUT2D eigenvalue weighted by molar-refractivity contribution is 0.0206. The molecule has 118 valence electrons. The van der Waals surface area contributed by atoms with E-state index in [-0.39, 0.29) is 24.5 Å². The van der Waals surface area contributed by atoms with E-state index >= 15 is 0 Å². The molecular weight excluding hydrogens is 288 g/mol. The summed E-state index contributed by atoms with van der Waals surface area (Å²) in [5.41, 5.74) is 1.63. The first-order valence-corrected chi connectivity index (χ1v) is 7.24. The highest BCUT2D eigenvalue weighted by atomic mass is 35.5. The van der Waals surface area contributed by atoms with E-state index in [1.165, 1.54) is 0 Å². The van der Waals surface area contributed by atoms with E-state index < -0.39 is 0 Å². The maximum absolute atomic E-state index is 12.1. The molecule has 1 aromatic rings. The Hall–Kier alpha value is -1.10. The lowest BCUT2D eigenvalue weighted by atomic mass is 10.1. The molecule has 5 heteroatoms. The van der Waals surface area contributed by atoms with Gasteiger partial charge in [0.1, 0.15) is 6.10 Å². The first-order valence-electron chi connectivity index (χ1n) is 7.24. The third-order valence-corrected chi connectivity index (χ3v) is 3.78. The number of piperazine rings is 1. The molecule has 2 rings (SSSR count). The molecule has 1 unspecified atom stereocenters. The van der Waals surface area contributed by atoms with Crippen LogP contribution in [-0.2, 0) is 4.74 Å². The van der Waals surface area contributed by atoms with Gasteiger partial charge in [-0.25, -0.2) is 4.79 Å². The SMILES string of the molecule is Cc1ccccc1C(=O)OC(C)CN1CCN(C)CC1.Cl. The number of hydrogen-bond donors (Lipinski definition) is 0. The lowest BCUT2D eigenvalue weighted by Crippen LogP contribution is -2.47. The Morgan fingerprint density at radius 3 is 2.48 bits per heavy atom. The Morgan fingerprint density at radius 1 is 1.24 bits per heavy atom. The summed E-state index contributed by atoms with van der Waals surface area (Å²) in [6.07, 6.45) is -0.0782. The summed E-state index contributed by atoms with van der Waals surface area (Å²) in [6.45, 7) is 8.96. The van der Waals surface area contributed by atoms with Crippen molar-refractivity contribution in [3.05, 3.63) is 35.4 Å². The monoisotopic (exact) mass is 312 g/mol. The summed E-state index contributed by atoms with van der Waals surface area (Å²) in [7, 11) is 2.14. The van der Waals surface area contributed by atoms with Gasteiger partial charge in [-0.15, -0.1) is 12.4 Å². The van der Waals surface area contributed by atoms with Crippen molar-refractivity contribution in [1.82, 2.24) is 9.80 Å². The summed E-state index contributed by atoms with van der Waals surface area (Å²) >= 11 is 0. The van der Waals surface area contributed by atoms with Gasteiger partial charge in [-0.05, 0) is 32.5 Å². The molecule has 0 spiro atoms. The van der Waals surface area contributed by atoms with E-state index in [1.54, 1.807) is 0 Å². The number of carbonyl (C=O) groups is 1. The number of esters is 1. The van der Waals surface area contributed by atoms with Gasteiger partial charge in [0.15, 0.2) is 0 Å². The number of nitrogens with zero attached hydrogens (tertiary/aromatic N) is 2. The Bertz CT molecular complexity index is 459. The molecule has 1 aliphatic heterocycles. The molecule has 0 aliphatic carbocycles. The minimum Gasteiger partial charge on any atom is -0.458 e. The summed E-state index contributed by atoms with van der Waals surface area (Å²) < 4.78 is 5.55. The van der Waals surface area contributed by atoms with Crippen LogP contribution in [0.3, 0.4) is 0 Å². The number of likely N-dealkylation sites (N-methyl/N-ethyl adjacent to an activating group) is 1. The number of rotatable bonds is 4. The summed E-state index contributed by atoms with van der Waals surface area (Å²) in [5.74, 6) is -0.218. The molecule has 4 nitrogen and oxygen atoms in total. The third kappa shape index (κ3) is 5.30. The highest BCUT2D eigenvalue weighted by Crippen LogP contribution is 2.11. The third-order valence-electron chi connectivity index (χ3n) is 3.78. The molecule has 1 fully saturated rings. The van der Waals surface area contributed by atoms with Crippen molar-refractivity contribution in [3.8, 4) is 0 Å². The van der Waals surface area contributed by atoms with Crippen molar-refractivity contribution < 1.29 is 9.53 Å². The standard InChI is InChI=1S/C16H24N2O2.ClH/c1-13-6-4-5-7-15(13)16(19)20-14(2)12-18-10-8-17(3)9-11-18;/h4-7,14H,8-12H2,1-3H3;1H. The Kier molecular flexibility index (Phi) is 7.15. The van der Waals surface area contributed by atoms with E-state index in [4.69, 9.17) is 4.74 Å². The highest BCUT2D eigenvalue weighted by Gasteiger charge is 2.19. The van der Waals surface area contributed by atoms with Crippen LogP contribution in [0.2, 0.25) is 0 Å². The van der Waals surface area contributed by atoms with E-state index in [0.29, 0.717) is 5.56 Å². The van der Waals surface area contributed by atoms with Crippen molar-refractivity contribution in [1.29, 1.82) is 0 Å².